The Hall–Kier alpha value is 0.535. The summed E-state index contributed by atoms with van der Waals surface area (Å²) >= 11 is 0. The van der Waals surface area contributed by atoms with Crippen LogP contribution in [0.15, 0.2) is 0 Å². The second-order valence-electron chi connectivity index (χ2n) is 0.609. The van der Waals surface area contributed by atoms with E-state index in [1.807, 2.05) is 0 Å². The molecule has 6 heavy (non-hydrogen) atoms. The molecule has 0 aliphatic carbocycles. The van der Waals surface area contributed by atoms with Gasteiger partial charge in [-0.1, -0.05) is 0 Å². The van der Waals surface area contributed by atoms with Crippen LogP contribution in [0.25, 0.3) is 0 Å². The van der Waals surface area contributed by atoms with Gasteiger partial charge in [-0.2, -0.15) is 0 Å². The van der Waals surface area contributed by atoms with Crippen molar-refractivity contribution < 1.29 is 39.0 Å². The molecule has 0 aromatic carbocycles. The summed E-state index contributed by atoms with van der Waals surface area (Å²) in [6.45, 7) is 1.24. The van der Waals surface area contributed by atoms with Crippen LogP contribution < -0.4 is 29.6 Å². The molecule has 4 heteroatoms. The number of hydrogen-bond donors (Lipinski definition) is 0. The van der Waals surface area contributed by atoms with E-state index < -0.39 is 5.97 Å². The summed E-state index contributed by atoms with van der Waals surface area (Å²) in [6, 6.07) is 0. The largest absolute Gasteiger partial charge is 1.00 e. The first-order valence-electron chi connectivity index (χ1n) is 1.14. The van der Waals surface area contributed by atoms with Gasteiger partial charge in [-0.15, -0.1) is 0 Å². The maximum atomic E-state index is 9.47. The van der Waals surface area contributed by atoms with Crippen molar-refractivity contribution in [1.82, 2.24) is 0 Å². The summed E-state index contributed by atoms with van der Waals surface area (Å²) in [5, 5.41) is 0. The molecule has 2 nitrogen and oxygen atoms in total. The minimum Gasteiger partial charge on any atom is -0.544 e. The molecule has 0 spiro atoms. The molecule has 0 aliphatic heterocycles. The Kier molecular flexibility index (Phi) is 8.98. The van der Waals surface area contributed by atoms with Crippen molar-refractivity contribution in [2.45, 2.75) is 6.92 Å². The summed E-state index contributed by atoms with van der Waals surface area (Å²) in [5.41, 5.74) is 0. The van der Waals surface area contributed by atoms with Gasteiger partial charge in [-0.3, -0.25) is 4.79 Å². The van der Waals surface area contributed by atoms with E-state index in [1.165, 1.54) is 6.92 Å². The second-order valence-corrected chi connectivity index (χ2v) is 0.609. The Morgan fingerprint density at radius 1 is 1.83 bits per heavy atom. The standard InChI is InChI=1S/C2H3BO2.Na/c1-2(4)5-3;/h1H3;/q;+1. The molecule has 0 fully saturated rings. The van der Waals surface area contributed by atoms with Crippen molar-refractivity contribution in [3.8, 4) is 0 Å². The van der Waals surface area contributed by atoms with Gasteiger partial charge in [0.15, 0.2) is 0 Å². The summed E-state index contributed by atoms with van der Waals surface area (Å²) in [7, 11) is 4.32. The number of hydrogen-bond acceptors (Lipinski definition) is 2. The molecule has 0 N–H and O–H groups in total. The van der Waals surface area contributed by atoms with E-state index in [0.29, 0.717) is 0 Å². The van der Waals surface area contributed by atoms with Gasteiger partial charge >= 0.3 is 37.6 Å². The molecule has 0 aromatic rings. The Balaban J connectivity index is 0. The van der Waals surface area contributed by atoms with E-state index >= 15 is 0 Å². The molecule has 2 radical (unpaired) electrons. The molecule has 0 saturated carbocycles. The van der Waals surface area contributed by atoms with E-state index in [9.17, 15) is 4.79 Å². The third-order valence-corrected chi connectivity index (χ3v) is 0.166. The zero-order chi connectivity index (χ0) is 4.28. The summed E-state index contributed by atoms with van der Waals surface area (Å²) in [5.74, 6) is -0.468. The number of rotatable bonds is 0. The first-order valence-corrected chi connectivity index (χ1v) is 1.14. The molecule has 0 aromatic heterocycles. The Labute approximate surface area is 60.0 Å². The molecule has 0 rings (SSSR count). The Bertz CT molecular complexity index is 46.8. The zero-order valence-corrected chi connectivity index (χ0v) is 5.89. The second kappa shape index (κ2) is 5.53. The van der Waals surface area contributed by atoms with E-state index in [2.05, 4.69) is 12.7 Å². The topological polar surface area (TPSA) is 26.3 Å². The number of carbonyl (C=O) groups excluding carboxylic acids is 1. The van der Waals surface area contributed by atoms with Crippen molar-refractivity contribution in [1.29, 1.82) is 0 Å². The molecule has 26 valence electrons. The third-order valence-electron chi connectivity index (χ3n) is 0.166. The fourth-order valence-electron chi connectivity index (χ4n) is 0. The third kappa shape index (κ3) is 8.82. The monoisotopic (exact) mass is 93.0 g/mol. The predicted molar refractivity (Wildman–Crippen MR) is 17.5 cm³/mol. The van der Waals surface area contributed by atoms with E-state index in [1.54, 1.807) is 0 Å². The van der Waals surface area contributed by atoms with Gasteiger partial charge in [0.05, 0.1) is 0 Å². The van der Waals surface area contributed by atoms with Crippen LogP contribution in [0.5, 0.6) is 0 Å². The van der Waals surface area contributed by atoms with Crippen LogP contribution in [-0.2, 0) is 9.45 Å². The summed E-state index contributed by atoms with van der Waals surface area (Å²) in [6.07, 6.45) is 0. The quantitative estimate of drug-likeness (QED) is 0.292. The molecule has 0 aliphatic rings. The maximum Gasteiger partial charge on any atom is 1.00 e. The minimum absolute atomic E-state index is 0. The van der Waals surface area contributed by atoms with E-state index in [4.69, 9.17) is 0 Å². The fraction of sp³-hybridized carbons (Fsp3) is 0.500. The van der Waals surface area contributed by atoms with Gasteiger partial charge in [0, 0.05) is 6.92 Å². The van der Waals surface area contributed by atoms with E-state index in [-0.39, 0.29) is 29.6 Å². The smallest absolute Gasteiger partial charge is 0.544 e. The van der Waals surface area contributed by atoms with Gasteiger partial charge in [0.1, 0.15) is 0 Å². The molecule has 0 saturated heterocycles. The Morgan fingerprint density at radius 2 is 2.00 bits per heavy atom. The molecular formula is C2H3BNaO2+. The number of carbonyl (C=O) groups is 1. The van der Waals surface area contributed by atoms with Crippen LogP contribution in [-0.4, -0.2) is 14.0 Å². The van der Waals surface area contributed by atoms with Crippen molar-refractivity contribution in [3.63, 3.8) is 0 Å². The van der Waals surface area contributed by atoms with Crippen molar-refractivity contribution in [2.24, 2.45) is 0 Å². The summed E-state index contributed by atoms with van der Waals surface area (Å²) < 4.78 is 3.61. The van der Waals surface area contributed by atoms with Crippen molar-refractivity contribution >= 4 is 14.0 Å². The first kappa shape index (κ1) is 9.73. The van der Waals surface area contributed by atoms with Gasteiger partial charge in [0.25, 0.3) is 5.97 Å². The maximum absolute atomic E-state index is 9.47. The Morgan fingerprint density at radius 3 is 2.00 bits per heavy atom. The van der Waals surface area contributed by atoms with Crippen molar-refractivity contribution in [2.75, 3.05) is 0 Å². The minimum atomic E-state index is -0.468. The molecule has 0 bridgehead atoms. The van der Waals surface area contributed by atoms with Crippen molar-refractivity contribution in [3.05, 3.63) is 0 Å². The molecule has 0 unspecified atom stereocenters. The van der Waals surface area contributed by atoms with Crippen LogP contribution in [0.3, 0.4) is 0 Å². The zero-order valence-electron chi connectivity index (χ0n) is 3.89. The van der Waals surface area contributed by atoms with Gasteiger partial charge in [0.2, 0.25) is 0 Å². The normalized spacial score (nSPS) is 5.50. The fourth-order valence-corrected chi connectivity index (χ4v) is 0. The molecule has 0 heterocycles. The molecular weight excluding hydrogens is 89.8 g/mol. The average molecular weight is 92.8 g/mol. The van der Waals surface area contributed by atoms with Crippen LogP contribution in [0.2, 0.25) is 0 Å². The predicted octanol–water partition coefficient (Wildman–Crippen LogP) is -3.36. The van der Waals surface area contributed by atoms with Crippen LogP contribution in [0, 0.1) is 0 Å². The van der Waals surface area contributed by atoms with Crippen LogP contribution in [0.4, 0.5) is 0 Å². The molecule has 0 amide bonds. The summed E-state index contributed by atoms with van der Waals surface area (Å²) in [4.78, 5) is 9.47. The van der Waals surface area contributed by atoms with Crippen LogP contribution >= 0.6 is 0 Å². The average Bonchev–Trinajstić information content (AvgIpc) is 1.38. The van der Waals surface area contributed by atoms with Crippen LogP contribution in [0.1, 0.15) is 6.92 Å². The van der Waals surface area contributed by atoms with E-state index in [0.717, 1.165) is 0 Å². The first-order chi connectivity index (χ1) is 2.27. The SMILES string of the molecule is [B]OC(C)=O.[Na+]. The van der Waals surface area contributed by atoms with Gasteiger partial charge in [-0.25, -0.2) is 0 Å². The molecule has 0 atom stereocenters. The van der Waals surface area contributed by atoms with Gasteiger partial charge < -0.3 is 4.65 Å². The van der Waals surface area contributed by atoms with Gasteiger partial charge in [-0.05, 0) is 0 Å².